The van der Waals surface area contributed by atoms with Crippen LogP contribution in [-0.4, -0.2) is 19.3 Å². The molecule has 15 heavy (non-hydrogen) atoms. The van der Waals surface area contributed by atoms with E-state index < -0.39 is 0 Å². The molecule has 0 spiro atoms. The third-order valence-corrected chi connectivity index (χ3v) is 3.23. The lowest BCUT2D eigenvalue weighted by Gasteiger charge is -2.07. The summed E-state index contributed by atoms with van der Waals surface area (Å²) >= 11 is 1.82. The van der Waals surface area contributed by atoms with Crippen LogP contribution in [0.25, 0.3) is 0 Å². The van der Waals surface area contributed by atoms with Gasteiger partial charge in [0.25, 0.3) is 0 Å². The fourth-order valence-corrected chi connectivity index (χ4v) is 2.18. The first-order valence-electron chi connectivity index (χ1n) is 5.55. The van der Waals surface area contributed by atoms with E-state index in [1.165, 1.54) is 10.4 Å². The monoisotopic (exact) mass is 227 g/mol. The molecule has 0 aliphatic rings. The Balaban J connectivity index is 2.00. The number of aryl methyl sites for hydroxylation is 1. The Kier molecular flexibility index (Phi) is 5.91. The summed E-state index contributed by atoms with van der Waals surface area (Å²) in [4.78, 5) is 1.44. The lowest BCUT2D eigenvalue weighted by molar-refractivity contribution is 0.0770. The van der Waals surface area contributed by atoms with Gasteiger partial charge >= 0.3 is 0 Å². The molecule has 0 aliphatic heterocycles. The molecule has 0 bridgehead atoms. The van der Waals surface area contributed by atoms with E-state index >= 15 is 0 Å². The Morgan fingerprint density at radius 3 is 2.87 bits per heavy atom. The lowest BCUT2D eigenvalue weighted by atomic mass is 10.3. The second-order valence-corrected chi connectivity index (χ2v) is 4.98. The van der Waals surface area contributed by atoms with Gasteiger partial charge in [0.2, 0.25) is 0 Å². The van der Waals surface area contributed by atoms with E-state index in [0.717, 1.165) is 26.1 Å². The molecular weight excluding hydrogens is 206 g/mol. The highest BCUT2D eigenvalue weighted by Gasteiger charge is 1.98. The van der Waals surface area contributed by atoms with Gasteiger partial charge in [-0.1, -0.05) is 0 Å². The predicted molar refractivity (Wildman–Crippen MR) is 66.5 cm³/mol. The van der Waals surface area contributed by atoms with Crippen LogP contribution in [0.2, 0.25) is 0 Å². The molecule has 0 atom stereocenters. The largest absolute Gasteiger partial charge is 0.379 e. The van der Waals surface area contributed by atoms with Crippen molar-refractivity contribution in [2.45, 2.75) is 39.8 Å². The van der Waals surface area contributed by atoms with Crippen LogP contribution in [-0.2, 0) is 11.3 Å². The van der Waals surface area contributed by atoms with E-state index in [2.05, 4.69) is 37.5 Å². The first-order chi connectivity index (χ1) is 7.20. The summed E-state index contributed by atoms with van der Waals surface area (Å²) in [5.74, 6) is 0. The topological polar surface area (TPSA) is 21.3 Å². The Hall–Kier alpha value is -0.380. The Morgan fingerprint density at radius 2 is 2.27 bits per heavy atom. The van der Waals surface area contributed by atoms with Crippen LogP contribution in [0.5, 0.6) is 0 Å². The molecule has 0 fully saturated rings. The van der Waals surface area contributed by atoms with Gasteiger partial charge in [0, 0.05) is 18.0 Å². The standard InChI is InChI=1S/C12H21NOS/c1-10(2)14-7-4-6-13-9-12-11(3)5-8-15-12/h5,8,10,13H,4,6-7,9H2,1-3H3. The van der Waals surface area contributed by atoms with Crippen LogP contribution in [0, 0.1) is 6.92 Å². The average molecular weight is 227 g/mol. The molecule has 1 rings (SSSR count). The molecule has 0 aromatic carbocycles. The molecule has 1 N–H and O–H groups in total. The van der Waals surface area contributed by atoms with Gasteiger partial charge < -0.3 is 10.1 Å². The maximum absolute atomic E-state index is 5.47. The third-order valence-electron chi connectivity index (χ3n) is 2.20. The van der Waals surface area contributed by atoms with Gasteiger partial charge in [-0.3, -0.25) is 0 Å². The quantitative estimate of drug-likeness (QED) is 0.723. The van der Waals surface area contributed by atoms with Crippen molar-refractivity contribution < 1.29 is 4.74 Å². The number of ether oxygens (including phenoxy) is 1. The van der Waals surface area contributed by atoms with Crippen molar-refractivity contribution in [2.75, 3.05) is 13.2 Å². The van der Waals surface area contributed by atoms with Crippen molar-refractivity contribution in [1.29, 1.82) is 0 Å². The molecule has 3 heteroatoms. The first kappa shape index (κ1) is 12.7. The van der Waals surface area contributed by atoms with E-state index in [1.807, 2.05) is 11.3 Å². The highest BCUT2D eigenvalue weighted by molar-refractivity contribution is 7.10. The van der Waals surface area contributed by atoms with E-state index in [0.29, 0.717) is 6.10 Å². The fraction of sp³-hybridized carbons (Fsp3) is 0.667. The minimum Gasteiger partial charge on any atom is -0.379 e. The van der Waals surface area contributed by atoms with E-state index in [9.17, 15) is 0 Å². The molecular formula is C12H21NOS. The zero-order chi connectivity index (χ0) is 11.1. The number of rotatable bonds is 7. The second-order valence-electron chi connectivity index (χ2n) is 3.98. The highest BCUT2D eigenvalue weighted by atomic mass is 32.1. The van der Waals surface area contributed by atoms with Crippen LogP contribution in [0.15, 0.2) is 11.4 Å². The average Bonchev–Trinajstić information content (AvgIpc) is 2.57. The summed E-state index contributed by atoms with van der Waals surface area (Å²) in [5.41, 5.74) is 1.39. The van der Waals surface area contributed by atoms with Gasteiger partial charge in [-0.15, -0.1) is 11.3 Å². The Labute approximate surface area is 96.7 Å². The minimum atomic E-state index is 0.351. The van der Waals surface area contributed by atoms with Crippen LogP contribution in [0.4, 0.5) is 0 Å². The van der Waals surface area contributed by atoms with Gasteiger partial charge in [0.1, 0.15) is 0 Å². The maximum atomic E-state index is 5.47. The van der Waals surface area contributed by atoms with Gasteiger partial charge in [0.15, 0.2) is 0 Å². The molecule has 0 radical (unpaired) electrons. The normalized spacial score (nSPS) is 11.2. The van der Waals surface area contributed by atoms with Crippen LogP contribution < -0.4 is 5.32 Å². The summed E-state index contributed by atoms with van der Waals surface area (Å²) in [5, 5.41) is 5.58. The lowest BCUT2D eigenvalue weighted by Crippen LogP contribution is -2.17. The number of hydrogen-bond donors (Lipinski definition) is 1. The Bertz CT molecular complexity index is 270. The molecule has 1 aromatic heterocycles. The number of nitrogens with one attached hydrogen (secondary N) is 1. The molecule has 2 nitrogen and oxygen atoms in total. The third kappa shape index (κ3) is 5.30. The van der Waals surface area contributed by atoms with Gasteiger partial charge in [-0.05, 0) is 50.7 Å². The van der Waals surface area contributed by atoms with Crippen molar-refractivity contribution in [1.82, 2.24) is 5.32 Å². The van der Waals surface area contributed by atoms with E-state index in [4.69, 9.17) is 4.74 Å². The van der Waals surface area contributed by atoms with Crippen LogP contribution in [0.1, 0.15) is 30.7 Å². The second kappa shape index (κ2) is 6.99. The number of thiophene rings is 1. The summed E-state index contributed by atoms with van der Waals surface area (Å²) in [6.07, 6.45) is 1.44. The summed E-state index contributed by atoms with van der Waals surface area (Å²) < 4.78 is 5.47. The van der Waals surface area contributed by atoms with Gasteiger partial charge in [-0.25, -0.2) is 0 Å². The molecule has 0 aliphatic carbocycles. The summed E-state index contributed by atoms with van der Waals surface area (Å²) in [6.45, 7) is 9.18. The molecule has 0 unspecified atom stereocenters. The predicted octanol–water partition coefficient (Wildman–Crippen LogP) is 2.96. The molecule has 0 saturated carbocycles. The maximum Gasteiger partial charge on any atom is 0.0518 e. The van der Waals surface area contributed by atoms with Gasteiger partial charge in [0.05, 0.1) is 6.10 Å². The van der Waals surface area contributed by atoms with Crippen LogP contribution >= 0.6 is 11.3 Å². The van der Waals surface area contributed by atoms with E-state index in [-0.39, 0.29) is 0 Å². The molecule has 1 heterocycles. The molecule has 86 valence electrons. The zero-order valence-electron chi connectivity index (χ0n) is 9.88. The summed E-state index contributed by atoms with van der Waals surface area (Å²) in [6, 6.07) is 2.17. The SMILES string of the molecule is Cc1ccsc1CNCCCOC(C)C. The van der Waals surface area contributed by atoms with Crippen molar-refractivity contribution in [3.05, 3.63) is 21.9 Å². The molecule has 0 amide bonds. The molecule has 0 saturated heterocycles. The highest BCUT2D eigenvalue weighted by Crippen LogP contribution is 2.14. The van der Waals surface area contributed by atoms with Crippen molar-refractivity contribution in [2.24, 2.45) is 0 Å². The Morgan fingerprint density at radius 1 is 1.47 bits per heavy atom. The van der Waals surface area contributed by atoms with Crippen molar-refractivity contribution in [3.63, 3.8) is 0 Å². The smallest absolute Gasteiger partial charge is 0.0518 e. The van der Waals surface area contributed by atoms with Crippen LogP contribution in [0.3, 0.4) is 0 Å². The molecule has 1 aromatic rings. The first-order valence-corrected chi connectivity index (χ1v) is 6.43. The zero-order valence-corrected chi connectivity index (χ0v) is 10.7. The fourth-order valence-electron chi connectivity index (χ4n) is 1.30. The minimum absolute atomic E-state index is 0.351. The van der Waals surface area contributed by atoms with Crippen molar-refractivity contribution in [3.8, 4) is 0 Å². The summed E-state index contributed by atoms with van der Waals surface area (Å²) in [7, 11) is 0. The number of hydrogen-bond acceptors (Lipinski definition) is 3. The van der Waals surface area contributed by atoms with Crippen molar-refractivity contribution >= 4 is 11.3 Å². The van der Waals surface area contributed by atoms with Gasteiger partial charge in [-0.2, -0.15) is 0 Å². The van der Waals surface area contributed by atoms with E-state index in [1.54, 1.807) is 0 Å².